The molecular weight excluding hydrogens is 475 g/mol. The fraction of sp³-hybridized carbons (Fsp3) is 0.259. The second-order valence-electron chi connectivity index (χ2n) is 9.33. The summed E-state index contributed by atoms with van der Waals surface area (Å²) in [7, 11) is 0. The predicted octanol–water partition coefficient (Wildman–Crippen LogP) is 4.91. The normalized spacial score (nSPS) is 20.7. The standard InChI is InChI=1S/C27H25FN6O3/c1-16-7-8-18(13-22(16)29-27(36)34-23(11-12-37-34)17-5-3-2-4-6-17)21-9-10-25-30-24(15-33(25)32-21)31-26(35)19-14-20(19)28/h2-10,13,15,19-20,23H,11-12,14H2,1H3,(H,29,36)(H,31,35)/t19-,20+,23?/m0/s1. The Labute approximate surface area is 212 Å². The highest BCUT2D eigenvalue weighted by atomic mass is 19.1. The molecule has 1 unspecified atom stereocenters. The van der Waals surface area contributed by atoms with Crippen LogP contribution in [-0.4, -0.2) is 44.4 Å². The van der Waals surface area contributed by atoms with Gasteiger partial charge in [-0.25, -0.2) is 18.7 Å². The van der Waals surface area contributed by atoms with Gasteiger partial charge >= 0.3 is 6.03 Å². The van der Waals surface area contributed by atoms with Crippen LogP contribution in [0.5, 0.6) is 0 Å². The van der Waals surface area contributed by atoms with E-state index >= 15 is 0 Å². The molecule has 0 bridgehead atoms. The third-order valence-electron chi connectivity index (χ3n) is 6.68. The number of halogens is 1. The first-order chi connectivity index (χ1) is 18.0. The third-order valence-corrected chi connectivity index (χ3v) is 6.68. The van der Waals surface area contributed by atoms with E-state index in [1.807, 2.05) is 61.5 Å². The van der Waals surface area contributed by atoms with Gasteiger partial charge in [-0.15, -0.1) is 0 Å². The summed E-state index contributed by atoms with van der Waals surface area (Å²) in [6.45, 7) is 2.39. The van der Waals surface area contributed by atoms with Gasteiger partial charge in [0.05, 0.1) is 30.5 Å². The average Bonchev–Trinajstić information content (AvgIpc) is 3.28. The number of rotatable bonds is 5. The summed E-state index contributed by atoms with van der Waals surface area (Å²) in [5, 5.41) is 11.6. The van der Waals surface area contributed by atoms with Crippen LogP contribution in [0.25, 0.3) is 16.9 Å². The molecule has 1 saturated heterocycles. The van der Waals surface area contributed by atoms with Crippen LogP contribution in [-0.2, 0) is 9.63 Å². The van der Waals surface area contributed by atoms with Crippen LogP contribution in [0, 0.1) is 12.8 Å². The van der Waals surface area contributed by atoms with Gasteiger partial charge in [0.1, 0.15) is 6.17 Å². The zero-order valence-electron chi connectivity index (χ0n) is 20.1. The highest BCUT2D eigenvalue weighted by Gasteiger charge is 2.43. The number of carbonyl (C=O) groups excluding carboxylic acids is 2. The molecule has 0 spiro atoms. The first kappa shape index (κ1) is 23.1. The van der Waals surface area contributed by atoms with E-state index in [0.717, 1.165) is 23.1 Å². The summed E-state index contributed by atoms with van der Waals surface area (Å²) >= 11 is 0. The van der Waals surface area contributed by atoms with Gasteiger partial charge in [-0.2, -0.15) is 10.2 Å². The molecule has 3 amide bonds. The predicted molar refractivity (Wildman–Crippen MR) is 135 cm³/mol. The van der Waals surface area contributed by atoms with E-state index in [4.69, 9.17) is 4.84 Å². The highest BCUT2D eigenvalue weighted by molar-refractivity contribution is 5.94. The summed E-state index contributed by atoms with van der Waals surface area (Å²) in [6.07, 6.45) is 1.50. The lowest BCUT2D eigenvalue weighted by Crippen LogP contribution is -2.33. The zero-order valence-corrected chi connectivity index (χ0v) is 20.1. The minimum Gasteiger partial charge on any atom is -0.309 e. The van der Waals surface area contributed by atoms with Gasteiger partial charge in [0.25, 0.3) is 0 Å². The van der Waals surface area contributed by atoms with E-state index in [2.05, 4.69) is 20.7 Å². The molecule has 2 aliphatic rings. The van der Waals surface area contributed by atoms with Crippen LogP contribution in [0.15, 0.2) is 66.9 Å². The van der Waals surface area contributed by atoms with Crippen LogP contribution in [0.3, 0.4) is 0 Å². The molecule has 4 aromatic rings. The number of hydrogen-bond acceptors (Lipinski definition) is 5. The Morgan fingerprint density at radius 1 is 1.08 bits per heavy atom. The van der Waals surface area contributed by atoms with Gasteiger partial charge in [-0.3, -0.25) is 9.63 Å². The van der Waals surface area contributed by atoms with Gasteiger partial charge in [0.2, 0.25) is 5.91 Å². The van der Waals surface area contributed by atoms with E-state index in [9.17, 15) is 14.0 Å². The Bertz CT molecular complexity index is 1490. The van der Waals surface area contributed by atoms with Crippen molar-refractivity contribution >= 4 is 29.1 Å². The lowest BCUT2D eigenvalue weighted by atomic mass is 10.0. The van der Waals surface area contributed by atoms with Crippen molar-refractivity contribution in [1.82, 2.24) is 19.7 Å². The summed E-state index contributed by atoms with van der Waals surface area (Å²) < 4.78 is 14.7. The molecule has 2 aromatic heterocycles. The summed E-state index contributed by atoms with van der Waals surface area (Å²) in [5.74, 6) is -0.640. The molecule has 37 heavy (non-hydrogen) atoms. The monoisotopic (exact) mass is 500 g/mol. The van der Waals surface area contributed by atoms with Crippen molar-refractivity contribution in [3.05, 3.63) is 78.0 Å². The zero-order chi connectivity index (χ0) is 25.5. The number of carbonyl (C=O) groups is 2. The summed E-state index contributed by atoms with van der Waals surface area (Å²) in [6, 6.07) is 18.6. The first-order valence-electron chi connectivity index (χ1n) is 12.2. The molecule has 6 rings (SSSR count). The lowest BCUT2D eigenvalue weighted by Gasteiger charge is -2.23. The van der Waals surface area contributed by atoms with Crippen LogP contribution in [0.4, 0.5) is 20.7 Å². The summed E-state index contributed by atoms with van der Waals surface area (Å²) in [4.78, 5) is 35.2. The van der Waals surface area contributed by atoms with Crippen LogP contribution in [0.2, 0.25) is 0 Å². The van der Waals surface area contributed by atoms with Crippen LogP contribution < -0.4 is 10.6 Å². The van der Waals surface area contributed by atoms with E-state index in [0.29, 0.717) is 29.5 Å². The maximum Gasteiger partial charge on any atom is 0.346 e. The molecule has 2 aromatic carbocycles. The fourth-order valence-electron chi connectivity index (χ4n) is 4.48. The molecule has 3 heterocycles. The van der Waals surface area contributed by atoms with E-state index in [-0.39, 0.29) is 24.4 Å². The number of nitrogens with one attached hydrogen (secondary N) is 2. The Balaban J connectivity index is 1.21. The Kier molecular flexibility index (Phi) is 5.80. The maximum atomic E-state index is 13.2. The molecule has 10 heteroatoms. The number of anilines is 2. The van der Waals surface area contributed by atoms with E-state index in [1.54, 1.807) is 16.8 Å². The largest absolute Gasteiger partial charge is 0.346 e. The van der Waals surface area contributed by atoms with E-state index in [1.165, 1.54) is 5.06 Å². The summed E-state index contributed by atoms with van der Waals surface area (Å²) in [5.41, 5.74) is 4.57. The second-order valence-corrected chi connectivity index (χ2v) is 9.33. The third kappa shape index (κ3) is 4.63. The second kappa shape index (κ2) is 9.29. The van der Waals surface area contributed by atoms with Crippen molar-refractivity contribution in [3.8, 4) is 11.3 Å². The molecule has 3 atom stereocenters. The quantitative estimate of drug-likeness (QED) is 0.406. The minimum atomic E-state index is -1.07. The number of benzene rings is 2. The van der Waals surface area contributed by atoms with Gasteiger partial charge < -0.3 is 10.6 Å². The van der Waals surface area contributed by atoms with E-state index < -0.39 is 12.1 Å². The number of aromatic nitrogens is 3. The van der Waals surface area contributed by atoms with Crippen LogP contribution >= 0.6 is 0 Å². The molecule has 0 radical (unpaired) electrons. The number of amides is 3. The number of imidazole rings is 1. The van der Waals surface area contributed by atoms with Crippen molar-refractivity contribution in [2.75, 3.05) is 17.2 Å². The van der Waals surface area contributed by atoms with Crippen molar-refractivity contribution in [2.45, 2.75) is 32.0 Å². The molecule has 2 N–H and O–H groups in total. The lowest BCUT2D eigenvalue weighted by molar-refractivity contribution is -0.117. The van der Waals surface area contributed by atoms with Crippen molar-refractivity contribution in [1.29, 1.82) is 0 Å². The van der Waals surface area contributed by atoms with Crippen molar-refractivity contribution in [3.63, 3.8) is 0 Å². The Hall–Kier alpha value is -4.31. The van der Waals surface area contributed by atoms with Gasteiger partial charge in [-0.1, -0.05) is 42.5 Å². The number of urea groups is 1. The molecule has 1 aliphatic carbocycles. The molecule has 188 valence electrons. The molecular formula is C27H25FN6O3. The molecule has 9 nitrogen and oxygen atoms in total. The Morgan fingerprint density at radius 2 is 1.89 bits per heavy atom. The average molecular weight is 501 g/mol. The SMILES string of the molecule is Cc1ccc(-c2ccc3nc(NC(=O)[C@H]4C[C@H]4F)cn3n2)cc1NC(=O)N1OCCC1c1ccccc1. The van der Waals surface area contributed by atoms with Gasteiger partial charge in [-0.05, 0) is 42.7 Å². The maximum absolute atomic E-state index is 13.2. The number of aryl methyl sites for hydroxylation is 1. The molecule has 1 aliphatic heterocycles. The number of fused-ring (bicyclic) bond motifs is 1. The highest BCUT2D eigenvalue weighted by Crippen LogP contribution is 2.35. The molecule has 1 saturated carbocycles. The van der Waals surface area contributed by atoms with Crippen LogP contribution in [0.1, 0.15) is 30.0 Å². The number of hydroxylamine groups is 2. The van der Waals surface area contributed by atoms with Crippen molar-refractivity contribution in [2.24, 2.45) is 5.92 Å². The van der Waals surface area contributed by atoms with Gasteiger partial charge in [0.15, 0.2) is 11.5 Å². The number of nitrogens with zero attached hydrogens (tertiary/aromatic N) is 4. The molecule has 2 fully saturated rings. The van der Waals surface area contributed by atoms with Crippen molar-refractivity contribution < 1.29 is 18.8 Å². The fourth-order valence-corrected chi connectivity index (χ4v) is 4.48. The smallest absolute Gasteiger partial charge is 0.309 e. The minimum absolute atomic E-state index is 0.152. The number of alkyl halides is 1. The van der Waals surface area contributed by atoms with Gasteiger partial charge in [0, 0.05) is 17.7 Å². The Morgan fingerprint density at radius 3 is 2.68 bits per heavy atom. The topological polar surface area (TPSA) is 101 Å². The first-order valence-corrected chi connectivity index (χ1v) is 12.2. The number of hydrogen-bond donors (Lipinski definition) is 2.